The van der Waals surface area contributed by atoms with Gasteiger partial charge in [0.05, 0.1) is 0 Å². The normalized spacial score (nSPS) is 11.4. The number of hydrogen-bond acceptors (Lipinski definition) is 3. The highest BCUT2D eigenvalue weighted by Crippen LogP contribution is 2.16. The Morgan fingerprint density at radius 1 is 1.30 bits per heavy atom. The zero-order valence-corrected chi connectivity index (χ0v) is 11.1. The fraction of sp³-hybridized carbons (Fsp3) is 0.308. The predicted molar refractivity (Wildman–Crippen MR) is 73.2 cm³/mol. The number of para-hydroxylation sites is 1. The number of carbonyl (C=O) groups excluding carboxylic acids is 2. The first-order valence-electron chi connectivity index (χ1n) is 6.06. The summed E-state index contributed by atoms with van der Waals surface area (Å²) in [6.45, 7) is 1.47. The third-order valence-corrected chi connectivity index (χ3v) is 2.65. The van der Waals surface area contributed by atoms with Gasteiger partial charge in [0.25, 0.3) is 0 Å². The van der Waals surface area contributed by atoms with Crippen LogP contribution in [0.25, 0.3) is 0 Å². The fourth-order valence-corrected chi connectivity index (χ4v) is 1.53. The molecule has 108 valence electrons. The number of carbonyl (C=O) groups is 3. The number of nitrogens with one attached hydrogen (secondary N) is 2. The first-order chi connectivity index (χ1) is 9.40. The minimum atomic E-state index is -0.911. The van der Waals surface area contributed by atoms with Crippen molar-refractivity contribution in [1.82, 2.24) is 5.32 Å². The van der Waals surface area contributed by atoms with Gasteiger partial charge in [-0.1, -0.05) is 18.2 Å². The number of urea groups is 1. The molecule has 1 aromatic rings. The number of amides is 3. The van der Waals surface area contributed by atoms with Crippen molar-refractivity contribution < 1.29 is 19.5 Å². The molecular formula is C13H17N3O4. The van der Waals surface area contributed by atoms with Crippen LogP contribution in [0.4, 0.5) is 10.5 Å². The van der Waals surface area contributed by atoms with E-state index in [0.717, 1.165) is 0 Å². The van der Waals surface area contributed by atoms with E-state index < -0.39 is 23.9 Å². The molecule has 0 saturated heterocycles. The summed E-state index contributed by atoms with van der Waals surface area (Å²) < 4.78 is 0. The number of rotatable bonds is 6. The van der Waals surface area contributed by atoms with E-state index in [-0.39, 0.29) is 6.42 Å². The van der Waals surface area contributed by atoms with Gasteiger partial charge in [-0.3, -0.25) is 9.59 Å². The van der Waals surface area contributed by atoms with Gasteiger partial charge in [-0.15, -0.1) is 0 Å². The molecule has 1 rings (SSSR count). The molecule has 0 bridgehead atoms. The summed E-state index contributed by atoms with van der Waals surface area (Å²) in [5.74, 6) is -1.55. The highest BCUT2D eigenvalue weighted by atomic mass is 16.4. The van der Waals surface area contributed by atoms with E-state index in [1.54, 1.807) is 24.3 Å². The van der Waals surface area contributed by atoms with Gasteiger partial charge in [0.2, 0.25) is 5.91 Å². The minimum absolute atomic E-state index is 0.0298. The quantitative estimate of drug-likeness (QED) is 0.612. The lowest BCUT2D eigenvalue weighted by molar-refractivity contribution is -0.137. The first kappa shape index (κ1) is 15.5. The summed E-state index contributed by atoms with van der Waals surface area (Å²) in [5.41, 5.74) is 6.25. The topological polar surface area (TPSA) is 122 Å². The van der Waals surface area contributed by atoms with Crippen LogP contribution in [0, 0.1) is 0 Å². The Hall–Kier alpha value is -2.57. The van der Waals surface area contributed by atoms with Crippen LogP contribution in [0.2, 0.25) is 0 Å². The molecule has 7 heteroatoms. The van der Waals surface area contributed by atoms with Gasteiger partial charge in [-0.2, -0.15) is 0 Å². The summed E-state index contributed by atoms with van der Waals surface area (Å²) in [6, 6.07) is 5.51. The summed E-state index contributed by atoms with van der Waals surface area (Å²) in [5, 5.41) is 13.6. The first-order valence-corrected chi connectivity index (χ1v) is 6.06. The largest absolute Gasteiger partial charge is 0.481 e. The number of primary amides is 1. The van der Waals surface area contributed by atoms with Crippen molar-refractivity contribution >= 4 is 23.6 Å². The molecule has 0 aliphatic carbocycles. The maximum absolute atomic E-state index is 11.7. The van der Waals surface area contributed by atoms with Gasteiger partial charge in [0.1, 0.15) is 6.04 Å². The molecule has 0 aromatic heterocycles. The average Bonchev–Trinajstić information content (AvgIpc) is 2.37. The van der Waals surface area contributed by atoms with E-state index in [1.165, 1.54) is 6.92 Å². The molecule has 0 fully saturated rings. The van der Waals surface area contributed by atoms with Crippen LogP contribution in [0.15, 0.2) is 24.3 Å². The van der Waals surface area contributed by atoms with Gasteiger partial charge in [0.15, 0.2) is 0 Å². The molecule has 7 nitrogen and oxygen atoms in total. The summed E-state index contributed by atoms with van der Waals surface area (Å²) in [6.07, 6.45) is 0.273. The second-order valence-corrected chi connectivity index (χ2v) is 4.27. The Labute approximate surface area is 116 Å². The third-order valence-electron chi connectivity index (χ3n) is 2.65. The van der Waals surface area contributed by atoms with Crippen molar-refractivity contribution in [3.05, 3.63) is 29.8 Å². The summed E-state index contributed by atoms with van der Waals surface area (Å²) in [4.78, 5) is 33.1. The second kappa shape index (κ2) is 7.13. The van der Waals surface area contributed by atoms with Crippen LogP contribution in [0.1, 0.15) is 18.9 Å². The number of aliphatic carboxylic acids is 1. The number of carboxylic acid groups (broad SMARTS) is 1. The standard InChI is InChI=1S/C13H17N3O4/c1-8(12(14)19)15-13(20)16-10-5-3-2-4-9(10)6-7-11(17)18/h2-5,8H,6-7H2,1H3,(H2,14,19)(H,17,18)(H2,15,16,20). The Bertz CT molecular complexity index is 516. The van der Waals surface area contributed by atoms with Crippen molar-refractivity contribution in [2.24, 2.45) is 5.73 Å². The zero-order valence-electron chi connectivity index (χ0n) is 11.1. The maximum Gasteiger partial charge on any atom is 0.319 e. The Balaban J connectivity index is 2.69. The number of aryl methyl sites for hydroxylation is 1. The number of benzene rings is 1. The molecule has 0 spiro atoms. The molecule has 0 heterocycles. The van der Waals surface area contributed by atoms with Crippen LogP contribution >= 0.6 is 0 Å². The van der Waals surface area contributed by atoms with Crippen LogP contribution in [0.5, 0.6) is 0 Å². The number of anilines is 1. The summed E-state index contributed by atoms with van der Waals surface area (Å²) >= 11 is 0. The lowest BCUT2D eigenvalue weighted by atomic mass is 10.1. The Morgan fingerprint density at radius 2 is 1.95 bits per heavy atom. The van der Waals surface area contributed by atoms with Crippen molar-refractivity contribution in [2.45, 2.75) is 25.8 Å². The number of nitrogens with two attached hydrogens (primary N) is 1. The van der Waals surface area contributed by atoms with E-state index in [2.05, 4.69) is 10.6 Å². The Morgan fingerprint density at radius 3 is 2.55 bits per heavy atom. The zero-order chi connectivity index (χ0) is 15.1. The van der Waals surface area contributed by atoms with Crippen LogP contribution in [0.3, 0.4) is 0 Å². The predicted octanol–water partition coefficient (Wildman–Crippen LogP) is 0.699. The Kier molecular flexibility index (Phi) is 5.52. The average molecular weight is 279 g/mol. The van der Waals surface area contributed by atoms with E-state index in [9.17, 15) is 14.4 Å². The van der Waals surface area contributed by atoms with Crippen molar-refractivity contribution in [2.75, 3.05) is 5.32 Å². The van der Waals surface area contributed by atoms with E-state index >= 15 is 0 Å². The highest BCUT2D eigenvalue weighted by Gasteiger charge is 2.13. The van der Waals surface area contributed by atoms with E-state index in [0.29, 0.717) is 17.7 Å². The van der Waals surface area contributed by atoms with Gasteiger partial charge < -0.3 is 21.5 Å². The molecule has 5 N–H and O–H groups in total. The van der Waals surface area contributed by atoms with E-state index in [4.69, 9.17) is 10.8 Å². The molecular weight excluding hydrogens is 262 g/mol. The molecule has 1 atom stereocenters. The molecule has 20 heavy (non-hydrogen) atoms. The monoisotopic (exact) mass is 279 g/mol. The minimum Gasteiger partial charge on any atom is -0.481 e. The second-order valence-electron chi connectivity index (χ2n) is 4.27. The lowest BCUT2D eigenvalue weighted by Gasteiger charge is -2.13. The highest BCUT2D eigenvalue weighted by molar-refractivity contribution is 5.93. The fourth-order valence-electron chi connectivity index (χ4n) is 1.53. The van der Waals surface area contributed by atoms with Crippen molar-refractivity contribution in [3.63, 3.8) is 0 Å². The molecule has 1 aromatic carbocycles. The van der Waals surface area contributed by atoms with Crippen LogP contribution < -0.4 is 16.4 Å². The van der Waals surface area contributed by atoms with Crippen molar-refractivity contribution in [3.8, 4) is 0 Å². The van der Waals surface area contributed by atoms with Gasteiger partial charge in [0, 0.05) is 12.1 Å². The number of carboxylic acids is 1. The SMILES string of the molecule is CC(NC(=O)Nc1ccccc1CCC(=O)O)C(N)=O. The van der Waals surface area contributed by atoms with Crippen LogP contribution in [-0.4, -0.2) is 29.1 Å². The molecule has 1 unspecified atom stereocenters. The molecule has 3 amide bonds. The lowest BCUT2D eigenvalue weighted by Crippen LogP contribution is -2.44. The molecule has 0 aliphatic heterocycles. The number of hydrogen-bond donors (Lipinski definition) is 4. The maximum atomic E-state index is 11.7. The van der Waals surface area contributed by atoms with Gasteiger partial charge in [-0.05, 0) is 25.0 Å². The molecule has 0 saturated carbocycles. The summed E-state index contributed by atoms with van der Waals surface area (Å²) in [7, 11) is 0. The molecule has 0 aliphatic rings. The smallest absolute Gasteiger partial charge is 0.319 e. The van der Waals surface area contributed by atoms with E-state index in [1.807, 2.05) is 0 Å². The van der Waals surface area contributed by atoms with Gasteiger partial charge >= 0.3 is 12.0 Å². The van der Waals surface area contributed by atoms with Gasteiger partial charge in [-0.25, -0.2) is 4.79 Å². The molecule has 0 radical (unpaired) electrons. The van der Waals surface area contributed by atoms with Crippen LogP contribution in [-0.2, 0) is 16.0 Å². The van der Waals surface area contributed by atoms with Crippen molar-refractivity contribution in [1.29, 1.82) is 0 Å². The third kappa shape index (κ3) is 4.97.